The molecule has 2 aromatic heterocycles. The molecule has 0 amide bonds. The van der Waals surface area contributed by atoms with E-state index in [1.165, 1.54) is 12.8 Å². The summed E-state index contributed by atoms with van der Waals surface area (Å²) in [5.74, 6) is 5.26. The molecule has 0 N–H and O–H groups in total. The number of hydrogen-bond acceptors (Lipinski definition) is 2. The molecule has 4 heterocycles. The molecule has 0 saturated carbocycles. The van der Waals surface area contributed by atoms with Gasteiger partial charge in [-0.1, -0.05) is 66.4 Å². The van der Waals surface area contributed by atoms with Crippen LogP contribution in [0.3, 0.4) is 0 Å². The van der Waals surface area contributed by atoms with Gasteiger partial charge in [0.05, 0.1) is 0 Å². The molecular weight excluding hydrogens is 635 g/mol. The third-order valence-corrected chi connectivity index (χ3v) is 6.69. The van der Waals surface area contributed by atoms with Crippen LogP contribution in [0.4, 0.5) is 0 Å². The molecule has 2 aliphatic rings. The minimum Gasteiger partial charge on any atom is -0.660 e. The van der Waals surface area contributed by atoms with Crippen molar-refractivity contribution in [1.29, 1.82) is 0 Å². The van der Waals surface area contributed by atoms with Crippen LogP contribution in [0, 0.1) is 41.4 Å². The first-order valence-electron chi connectivity index (χ1n) is 12.7. The van der Waals surface area contributed by atoms with Gasteiger partial charge in [0.25, 0.3) is 0 Å². The molecule has 37 heavy (non-hydrogen) atoms. The van der Waals surface area contributed by atoms with E-state index in [0.717, 1.165) is 36.6 Å². The van der Waals surface area contributed by atoms with Gasteiger partial charge in [-0.25, -0.2) is 0 Å². The molecule has 3 atom stereocenters. The maximum absolute atomic E-state index is 6.67. The average molecular weight is 676 g/mol. The van der Waals surface area contributed by atoms with Gasteiger partial charge in [-0.3, -0.25) is 21.8 Å². The Morgan fingerprint density at radius 3 is 1.73 bits per heavy atom. The van der Waals surface area contributed by atoms with Crippen molar-refractivity contribution in [2.24, 2.45) is 16.7 Å². The second-order valence-corrected chi connectivity index (χ2v) is 11.4. The van der Waals surface area contributed by atoms with E-state index in [2.05, 4.69) is 69.4 Å². The Kier molecular flexibility index (Phi) is 14.1. The van der Waals surface area contributed by atoms with Crippen molar-refractivity contribution in [3.05, 3.63) is 95.3 Å². The van der Waals surface area contributed by atoms with Crippen molar-refractivity contribution >= 4 is 0 Å². The molecule has 4 rings (SSSR count). The zero-order valence-electron chi connectivity index (χ0n) is 23.1. The second-order valence-electron chi connectivity index (χ2n) is 11.4. The molecule has 4 nitrogen and oxygen atoms in total. The van der Waals surface area contributed by atoms with Crippen molar-refractivity contribution < 1.29 is 21.1 Å². The van der Waals surface area contributed by atoms with Gasteiger partial charge in [0, 0.05) is 24.8 Å². The second kappa shape index (κ2) is 15.9. The predicted molar refractivity (Wildman–Crippen MR) is 149 cm³/mol. The summed E-state index contributed by atoms with van der Waals surface area (Å²) in [6.07, 6.45) is 25.9. The quantitative estimate of drug-likeness (QED) is 0.181. The number of piperidine rings is 1. The van der Waals surface area contributed by atoms with Crippen molar-refractivity contribution in [2.75, 3.05) is 13.1 Å². The van der Waals surface area contributed by atoms with Crippen LogP contribution in [0.2, 0.25) is 0 Å². The number of aromatic nitrogens is 2. The van der Waals surface area contributed by atoms with Crippen LogP contribution in [-0.4, -0.2) is 35.1 Å². The number of pyridine rings is 2. The van der Waals surface area contributed by atoms with Gasteiger partial charge >= 0.3 is 21.1 Å². The molecule has 0 radical (unpaired) electrons. The van der Waals surface area contributed by atoms with Gasteiger partial charge in [0.15, 0.2) is 0 Å². The van der Waals surface area contributed by atoms with Crippen LogP contribution in [0.25, 0.3) is 10.6 Å². The number of hydrogen-bond donors (Lipinski definition) is 0. The third-order valence-electron chi connectivity index (χ3n) is 6.69. The van der Waals surface area contributed by atoms with Gasteiger partial charge in [-0.05, 0) is 16.7 Å². The van der Waals surface area contributed by atoms with Gasteiger partial charge < -0.3 is 23.5 Å². The summed E-state index contributed by atoms with van der Waals surface area (Å²) in [6.45, 7) is 16.1. The van der Waals surface area contributed by atoms with E-state index in [4.69, 9.17) is 23.5 Å². The fourth-order valence-electron chi connectivity index (χ4n) is 4.32. The summed E-state index contributed by atoms with van der Waals surface area (Å²) in [6, 6.07) is 7.67. The zero-order chi connectivity index (χ0) is 26.6. The van der Waals surface area contributed by atoms with Crippen molar-refractivity contribution in [3.63, 3.8) is 0 Å². The maximum Gasteiger partial charge on any atom is 4.00 e. The van der Waals surface area contributed by atoms with Crippen molar-refractivity contribution in [2.45, 2.75) is 72.9 Å². The van der Waals surface area contributed by atoms with Crippen LogP contribution in [0.1, 0.15) is 71.9 Å². The van der Waals surface area contributed by atoms with Gasteiger partial charge in [0.1, 0.15) is 0 Å². The van der Waals surface area contributed by atoms with E-state index >= 15 is 0 Å². The Balaban J connectivity index is 0.000000331. The minimum atomic E-state index is 0. The Morgan fingerprint density at radius 2 is 1.32 bits per heavy atom. The monoisotopic (exact) mass is 675 g/mol. The first-order valence-corrected chi connectivity index (χ1v) is 12.7. The molecule has 1 saturated heterocycles. The largest absolute Gasteiger partial charge is 4.00 e. The first kappa shape index (κ1) is 32.8. The topological polar surface area (TPSA) is 54.0 Å². The van der Waals surface area contributed by atoms with E-state index in [1.807, 2.05) is 0 Å². The third kappa shape index (κ3) is 11.8. The molecule has 5 heteroatoms. The summed E-state index contributed by atoms with van der Waals surface area (Å²) >= 11 is 0. The van der Waals surface area contributed by atoms with Crippen LogP contribution in [0.5, 0.6) is 0 Å². The standard InChI is InChI=1S/C18H32N2.2C7H4N.Pt/c1-17(2,3)13-7-9-19-15(11-13)16-12-14(8-10-20-16)18(4,5)6;2*1-2-7-3-5-8-6-4-7;/h11,14-16H,7-10,12H2,1-6H3;2*3-6H;/q-2;2*-1;+4. The normalized spacial score (nSPS) is 21.2. The van der Waals surface area contributed by atoms with Crippen LogP contribution in [-0.2, 0) is 21.1 Å². The molecule has 0 aromatic carbocycles. The molecule has 2 aliphatic heterocycles. The summed E-state index contributed by atoms with van der Waals surface area (Å²) in [4.78, 5) is 7.54. The van der Waals surface area contributed by atoms with Gasteiger partial charge in [0.2, 0.25) is 0 Å². The van der Waals surface area contributed by atoms with E-state index in [9.17, 15) is 0 Å². The fraction of sp³-hybridized carbons (Fsp3) is 0.500. The summed E-state index contributed by atoms with van der Waals surface area (Å²) in [5.41, 5.74) is 3.79. The smallest absolute Gasteiger partial charge is 0.660 e. The maximum atomic E-state index is 6.67. The van der Waals surface area contributed by atoms with Gasteiger partial charge in [-0.2, -0.15) is 0 Å². The Morgan fingerprint density at radius 1 is 0.811 bits per heavy atom. The molecule has 3 unspecified atom stereocenters. The van der Waals surface area contributed by atoms with Crippen molar-refractivity contribution in [3.8, 4) is 11.8 Å². The van der Waals surface area contributed by atoms with Crippen LogP contribution >= 0.6 is 0 Å². The molecule has 0 bridgehead atoms. The van der Waals surface area contributed by atoms with Crippen molar-refractivity contribution in [1.82, 2.24) is 9.97 Å². The van der Waals surface area contributed by atoms with E-state index < -0.39 is 0 Å². The van der Waals surface area contributed by atoms with E-state index in [1.54, 1.807) is 54.6 Å². The fourth-order valence-corrected chi connectivity index (χ4v) is 4.32. The molecular formula is C32H40N4Pt. The van der Waals surface area contributed by atoms with Gasteiger partial charge in [-0.15, -0.1) is 66.6 Å². The molecule has 0 aliphatic carbocycles. The minimum absolute atomic E-state index is 0. The van der Waals surface area contributed by atoms with E-state index in [0.29, 0.717) is 17.5 Å². The predicted octanol–water partition coefficient (Wildman–Crippen LogP) is 7.34. The summed E-state index contributed by atoms with van der Waals surface area (Å²) < 4.78 is 0. The Bertz CT molecular complexity index is 971. The summed E-state index contributed by atoms with van der Waals surface area (Å²) in [7, 11) is 0. The Labute approximate surface area is 240 Å². The number of rotatable bonds is 1. The molecule has 0 spiro atoms. The van der Waals surface area contributed by atoms with E-state index in [-0.39, 0.29) is 26.5 Å². The number of nitrogens with zero attached hydrogens (tertiary/aromatic N) is 4. The molecule has 1 fully saturated rings. The first-order chi connectivity index (χ1) is 17.0. The molecule has 2 aromatic rings. The van der Waals surface area contributed by atoms with Crippen LogP contribution < -0.4 is 0 Å². The average Bonchev–Trinajstić information content (AvgIpc) is 2.89. The molecule has 198 valence electrons. The zero-order valence-corrected chi connectivity index (χ0v) is 25.3. The van der Waals surface area contributed by atoms with Crippen LogP contribution in [0.15, 0.2) is 60.7 Å². The summed E-state index contributed by atoms with van der Waals surface area (Å²) in [5, 5.41) is 9.76. The Hall–Kier alpha value is -2.23. The SMILES string of the molecule is CC(C)(C)C1=CC(C2CC(C(C)(C)C)CC[N-]2)[N-]CC1.[C-]#Cc1ccncc1.[C-]#Cc1ccncc1.[Pt+4].